The summed E-state index contributed by atoms with van der Waals surface area (Å²) < 4.78 is 0. The smallest absolute Gasteiger partial charge is 0.275 e. The van der Waals surface area contributed by atoms with Gasteiger partial charge >= 0.3 is 0 Å². The molecule has 0 aliphatic heterocycles. The zero-order valence-corrected chi connectivity index (χ0v) is 12.3. The standard InChI is InChI=1S/C16H22N2O2/c1-11-8-12(10-16(2,3)9-11)17-18-15(20)13-6-4-5-7-14(13)19/h4-7,11,19H,8-10H2,1-3H3,(H,18,20). The molecule has 0 spiro atoms. The lowest BCUT2D eigenvalue weighted by atomic mass is 9.72. The SMILES string of the molecule is CC1CC(=NNC(=O)c2ccccc2O)CC(C)(C)C1. The molecule has 2 N–H and O–H groups in total. The highest BCUT2D eigenvalue weighted by Crippen LogP contribution is 2.36. The van der Waals surface area contributed by atoms with Crippen LogP contribution in [0.15, 0.2) is 29.4 Å². The molecular weight excluding hydrogens is 252 g/mol. The second-order valence-corrected chi connectivity index (χ2v) is 6.49. The summed E-state index contributed by atoms with van der Waals surface area (Å²) in [5, 5.41) is 13.9. The molecule has 1 saturated carbocycles. The number of hydrazone groups is 1. The minimum Gasteiger partial charge on any atom is -0.507 e. The van der Waals surface area contributed by atoms with Crippen molar-refractivity contribution < 1.29 is 9.90 Å². The third-order valence-corrected chi connectivity index (χ3v) is 3.63. The van der Waals surface area contributed by atoms with Crippen molar-refractivity contribution in [2.45, 2.75) is 40.0 Å². The first-order valence-corrected chi connectivity index (χ1v) is 7.01. The Labute approximate surface area is 119 Å². The van der Waals surface area contributed by atoms with Gasteiger partial charge in [-0.15, -0.1) is 0 Å². The van der Waals surface area contributed by atoms with E-state index in [2.05, 4.69) is 31.3 Å². The quantitative estimate of drug-likeness (QED) is 0.813. The summed E-state index contributed by atoms with van der Waals surface area (Å²) in [7, 11) is 0. The number of nitrogens with one attached hydrogen (secondary N) is 1. The van der Waals surface area contributed by atoms with Crippen LogP contribution in [0.5, 0.6) is 5.75 Å². The van der Waals surface area contributed by atoms with Gasteiger partial charge in [-0.3, -0.25) is 4.79 Å². The lowest BCUT2D eigenvalue weighted by molar-refractivity contribution is 0.0951. The van der Waals surface area contributed by atoms with Gasteiger partial charge < -0.3 is 5.11 Å². The zero-order chi connectivity index (χ0) is 14.8. The van der Waals surface area contributed by atoms with Gasteiger partial charge in [0.2, 0.25) is 0 Å². The van der Waals surface area contributed by atoms with E-state index in [4.69, 9.17) is 0 Å². The minimum atomic E-state index is -0.369. The summed E-state index contributed by atoms with van der Waals surface area (Å²) >= 11 is 0. The van der Waals surface area contributed by atoms with Crippen molar-refractivity contribution in [3.05, 3.63) is 29.8 Å². The molecule has 1 atom stereocenters. The predicted molar refractivity (Wildman–Crippen MR) is 79.8 cm³/mol. The maximum absolute atomic E-state index is 12.0. The molecule has 1 aliphatic rings. The topological polar surface area (TPSA) is 61.7 Å². The second kappa shape index (κ2) is 5.65. The molecule has 1 fully saturated rings. The first kappa shape index (κ1) is 14.6. The fraction of sp³-hybridized carbons (Fsp3) is 0.500. The fourth-order valence-electron chi connectivity index (χ4n) is 3.06. The van der Waals surface area contributed by atoms with Gasteiger partial charge in [-0.2, -0.15) is 5.10 Å². The molecule has 0 bridgehead atoms. The van der Waals surface area contributed by atoms with Crippen LogP contribution < -0.4 is 5.43 Å². The van der Waals surface area contributed by atoms with E-state index in [9.17, 15) is 9.90 Å². The van der Waals surface area contributed by atoms with Gasteiger partial charge in [0.05, 0.1) is 5.56 Å². The van der Waals surface area contributed by atoms with Crippen LogP contribution in [0.2, 0.25) is 0 Å². The monoisotopic (exact) mass is 274 g/mol. The number of hydrogen-bond donors (Lipinski definition) is 2. The normalized spacial score (nSPS) is 23.6. The Morgan fingerprint density at radius 2 is 2.10 bits per heavy atom. The number of phenolic OH excluding ortho intramolecular Hbond substituents is 1. The van der Waals surface area contributed by atoms with E-state index in [0.29, 0.717) is 5.92 Å². The van der Waals surface area contributed by atoms with E-state index in [1.54, 1.807) is 18.2 Å². The highest BCUT2D eigenvalue weighted by Gasteiger charge is 2.29. The highest BCUT2D eigenvalue weighted by molar-refractivity contribution is 5.97. The maximum atomic E-state index is 12.0. The molecule has 4 nitrogen and oxygen atoms in total. The Morgan fingerprint density at radius 3 is 2.75 bits per heavy atom. The Kier molecular flexibility index (Phi) is 4.12. The predicted octanol–water partition coefficient (Wildman–Crippen LogP) is 3.32. The van der Waals surface area contributed by atoms with Gasteiger partial charge in [-0.05, 0) is 42.7 Å². The van der Waals surface area contributed by atoms with Crippen LogP contribution in [0.25, 0.3) is 0 Å². The number of carbonyl (C=O) groups excluding carboxylic acids is 1. The number of phenols is 1. The first-order chi connectivity index (χ1) is 9.37. The molecule has 1 aliphatic carbocycles. The van der Waals surface area contributed by atoms with Crippen LogP contribution in [0.1, 0.15) is 50.4 Å². The molecule has 1 amide bonds. The molecule has 4 heteroatoms. The molecular formula is C16H22N2O2. The molecule has 1 aromatic carbocycles. The number of hydrogen-bond acceptors (Lipinski definition) is 3. The lowest BCUT2D eigenvalue weighted by Crippen LogP contribution is -2.30. The molecule has 0 radical (unpaired) electrons. The first-order valence-electron chi connectivity index (χ1n) is 7.01. The third kappa shape index (κ3) is 3.59. The minimum absolute atomic E-state index is 0.0254. The number of amides is 1. The average Bonchev–Trinajstić information content (AvgIpc) is 2.34. The van der Waals surface area contributed by atoms with Gasteiger partial charge in [0.25, 0.3) is 5.91 Å². The van der Waals surface area contributed by atoms with Crippen LogP contribution in [0, 0.1) is 11.3 Å². The average molecular weight is 274 g/mol. The Hall–Kier alpha value is -1.84. The van der Waals surface area contributed by atoms with Crippen molar-refractivity contribution >= 4 is 11.6 Å². The zero-order valence-electron chi connectivity index (χ0n) is 12.3. The van der Waals surface area contributed by atoms with Crippen LogP contribution in [0.4, 0.5) is 0 Å². The molecule has 0 aromatic heterocycles. The summed E-state index contributed by atoms with van der Waals surface area (Å²) in [6.45, 7) is 6.66. The van der Waals surface area contributed by atoms with E-state index >= 15 is 0 Å². The van der Waals surface area contributed by atoms with Crippen molar-refractivity contribution in [1.82, 2.24) is 5.43 Å². The van der Waals surface area contributed by atoms with Crippen molar-refractivity contribution in [3.63, 3.8) is 0 Å². The summed E-state index contributed by atoms with van der Waals surface area (Å²) in [5.74, 6) is 0.189. The fourth-order valence-corrected chi connectivity index (χ4v) is 3.06. The van der Waals surface area contributed by atoms with Gasteiger partial charge in [0.1, 0.15) is 5.75 Å². The number of para-hydroxylation sites is 1. The number of benzene rings is 1. The van der Waals surface area contributed by atoms with E-state index in [-0.39, 0.29) is 22.6 Å². The lowest BCUT2D eigenvalue weighted by Gasteiger charge is -2.34. The van der Waals surface area contributed by atoms with Gasteiger partial charge in [0.15, 0.2) is 0 Å². The maximum Gasteiger partial charge on any atom is 0.275 e. The van der Waals surface area contributed by atoms with Crippen molar-refractivity contribution in [2.24, 2.45) is 16.4 Å². The molecule has 0 heterocycles. The Bertz CT molecular complexity index is 535. The second-order valence-electron chi connectivity index (χ2n) is 6.49. The molecule has 108 valence electrons. The molecule has 20 heavy (non-hydrogen) atoms. The number of rotatable bonds is 2. The molecule has 1 unspecified atom stereocenters. The number of nitrogens with zero attached hydrogens (tertiary/aromatic N) is 1. The van der Waals surface area contributed by atoms with Crippen molar-refractivity contribution in [2.75, 3.05) is 0 Å². The summed E-state index contributed by atoms with van der Waals surface area (Å²) in [4.78, 5) is 12.0. The van der Waals surface area contributed by atoms with E-state index < -0.39 is 0 Å². The Balaban J connectivity index is 2.06. The van der Waals surface area contributed by atoms with Gasteiger partial charge in [-0.1, -0.05) is 32.9 Å². The van der Waals surface area contributed by atoms with E-state index in [1.165, 1.54) is 12.5 Å². The third-order valence-electron chi connectivity index (χ3n) is 3.63. The summed E-state index contributed by atoms with van der Waals surface area (Å²) in [6, 6.07) is 6.48. The van der Waals surface area contributed by atoms with E-state index in [1.807, 2.05) is 0 Å². The van der Waals surface area contributed by atoms with Crippen molar-refractivity contribution in [3.8, 4) is 5.75 Å². The summed E-state index contributed by atoms with van der Waals surface area (Å²) in [6.07, 6.45) is 3.00. The van der Waals surface area contributed by atoms with Crippen LogP contribution in [-0.2, 0) is 0 Å². The molecule has 2 rings (SSSR count). The Morgan fingerprint density at radius 1 is 1.40 bits per heavy atom. The summed E-state index contributed by atoms with van der Waals surface area (Å²) in [5.41, 5.74) is 4.06. The van der Waals surface area contributed by atoms with Crippen molar-refractivity contribution in [1.29, 1.82) is 0 Å². The van der Waals surface area contributed by atoms with Crippen LogP contribution >= 0.6 is 0 Å². The number of aromatic hydroxyl groups is 1. The van der Waals surface area contributed by atoms with Gasteiger partial charge in [0, 0.05) is 5.71 Å². The largest absolute Gasteiger partial charge is 0.507 e. The van der Waals surface area contributed by atoms with E-state index in [0.717, 1.165) is 18.6 Å². The highest BCUT2D eigenvalue weighted by atomic mass is 16.3. The molecule has 1 aromatic rings. The van der Waals surface area contributed by atoms with Gasteiger partial charge in [-0.25, -0.2) is 5.43 Å². The van der Waals surface area contributed by atoms with Crippen LogP contribution in [-0.4, -0.2) is 16.7 Å². The number of carbonyl (C=O) groups is 1. The molecule has 0 saturated heterocycles. The van der Waals surface area contributed by atoms with Crippen LogP contribution in [0.3, 0.4) is 0 Å².